The molecule has 0 aliphatic carbocycles. The van der Waals surface area contributed by atoms with E-state index in [0.29, 0.717) is 24.4 Å². The van der Waals surface area contributed by atoms with E-state index in [0.717, 1.165) is 12.8 Å². The highest BCUT2D eigenvalue weighted by Gasteiger charge is 2.14. The van der Waals surface area contributed by atoms with Crippen LogP contribution in [0.2, 0.25) is 0 Å². The number of nitrogens with two attached hydrogens (primary N) is 1. The molecule has 1 aromatic carbocycles. The molecule has 1 aromatic rings. The van der Waals surface area contributed by atoms with Gasteiger partial charge in [0, 0.05) is 13.1 Å². The Kier molecular flexibility index (Phi) is 7.71. The number of amides is 1. The van der Waals surface area contributed by atoms with Gasteiger partial charge in [0.05, 0.1) is 12.2 Å². The molecule has 0 aliphatic heterocycles. The van der Waals surface area contributed by atoms with Crippen molar-refractivity contribution in [3.8, 4) is 5.75 Å². The SMILES string of the molecule is CCCCN(CCO)C(=O)COc1ccccc1C(N)=S. The molecule has 3 N–H and O–H groups in total. The second-order valence-corrected chi connectivity index (χ2v) is 5.05. The van der Waals surface area contributed by atoms with Gasteiger partial charge in [-0.1, -0.05) is 37.7 Å². The summed E-state index contributed by atoms with van der Waals surface area (Å²) in [7, 11) is 0. The number of aliphatic hydroxyl groups is 1. The van der Waals surface area contributed by atoms with Gasteiger partial charge in [0.15, 0.2) is 6.61 Å². The largest absolute Gasteiger partial charge is 0.483 e. The summed E-state index contributed by atoms with van der Waals surface area (Å²) in [5.41, 5.74) is 6.23. The molecular formula is C15H22N2O3S. The van der Waals surface area contributed by atoms with Crippen LogP contribution in [0.5, 0.6) is 5.75 Å². The third-order valence-electron chi connectivity index (χ3n) is 3.01. The van der Waals surface area contributed by atoms with Gasteiger partial charge in [0.25, 0.3) is 5.91 Å². The van der Waals surface area contributed by atoms with Crippen LogP contribution in [-0.2, 0) is 4.79 Å². The number of aliphatic hydroxyl groups excluding tert-OH is 1. The van der Waals surface area contributed by atoms with Crippen molar-refractivity contribution in [2.75, 3.05) is 26.3 Å². The predicted molar refractivity (Wildman–Crippen MR) is 86.4 cm³/mol. The van der Waals surface area contributed by atoms with Crippen LogP contribution >= 0.6 is 12.2 Å². The number of hydrogen-bond donors (Lipinski definition) is 2. The average Bonchev–Trinajstić information content (AvgIpc) is 2.49. The summed E-state index contributed by atoms with van der Waals surface area (Å²) in [5, 5.41) is 9.02. The lowest BCUT2D eigenvalue weighted by Crippen LogP contribution is -2.37. The molecule has 1 amide bonds. The molecule has 1 rings (SSSR count). The van der Waals surface area contributed by atoms with E-state index in [-0.39, 0.29) is 24.1 Å². The zero-order valence-corrected chi connectivity index (χ0v) is 13.1. The molecule has 0 spiro atoms. The molecule has 0 saturated carbocycles. The van der Waals surface area contributed by atoms with E-state index in [4.69, 9.17) is 27.8 Å². The summed E-state index contributed by atoms with van der Waals surface area (Å²) in [6.45, 7) is 2.84. The minimum Gasteiger partial charge on any atom is -0.483 e. The van der Waals surface area contributed by atoms with Crippen LogP contribution in [0.3, 0.4) is 0 Å². The summed E-state index contributed by atoms with van der Waals surface area (Å²) >= 11 is 4.95. The van der Waals surface area contributed by atoms with Crippen LogP contribution < -0.4 is 10.5 Å². The molecule has 0 radical (unpaired) electrons. The van der Waals surface area contributed by atoms with Crippen molar-refractivity contribution >= 4 is 23.1 Å². The lowest BCUT2D eigenvalue weighted by molar-refractivity contribution is -0.134. The number of nitrogens with zero attached hydrogens (tertiary/aromatic N) is 1. The van der Waals surface area contributed by atoms with Crippen molar-refractivity contribution in [2.45, 2.75) is 19.8 Å². The first-order valence-corrected chi connectivity index (χ1v) is 7.41. The zero-order valence-electron chi connectivity index (χ0n) is 12.2. The maximum absolute atomic E-state index is 12.1. The van der Waals surface area contributed by atoms with Gasteiger partial charge in [0.2, 0.25) is 0 Å². The van der Waals surface area contributed by atoms with Gasteiger partial charge in [0.1, 0.15) is 10.7 Å². The lowest BCUT2D eigenvalue weighted by Gasteiger charge is -2.22. The third kappa shape index (κ3) is 5.69. The highest BCUT2D eigenvalue weighted by molar-refractivity contribution is 7.80. The minimum atomic E-state index is -0.157. The van der Waals surface area contributed by atoms with E-state index >= 15 is 0 Å². The molecule has 0 saturated heterocycles. The van der Waals surface area contributed by atoms with Crippen molar-refractivity contribution in [2.24, 2.45) is 5.73 Å². The number of unbranched alkanes of at least 4 members (excludes halogenated alkanes) is 1. The number of ether oxygens (including phenoxy) is 1. The van der Waals surface area contributed by atoms with Crippen LogP contribution in [0.1, 0.15) is 25.3 Å². The summed E-state index contributed by atoms with van der Waals surface area (Å²) in [5.74, 6) is 0.341. The molecule has 0 bridgehead atoms. The lowest BCUT2D eigenvalue weighted by atomic mass is 10.2. The van der Waals surface area contributed by atoms with E-state index in [9.17, 15) is 4.79 Å². The van der Waals surface area contributed by atoms with Gasteiger partial charge in [-0.3, -0.25) is 4.79 Å². The Bertz CT molecular complexity index is 480. The molecule has 5 nitrogen and oxygen atoms in total. The molecule has 21 heavy (non-hydrogen) atoms. The number of rotatable bonds is 9. The fraction of sp³-hybridized carbons (Fsp3) is 0.467. The first kappa shape index (κ1) is 17.4. The Hall–Kier alpha value is -1.66. The first-order chi connectivity index (χ1) is 10.1. The summed E-state index contributed by atoms with van der Waals surface area (Å²) in [4.78, 5) is 14.0. The van der Waals surface area contributed by atoms with E-state index < -0.39 is 0 Å². The maximum Gasteiger partial charge on any atom is 0.260 e. The molecular weight excluding hydrogens is 288 g/mol. The van der Waals surface area contributed by atoms with Crippen LogP contribution in [0, 0.1) is 0 Å². The predicted octanol–water partition coefficient (Wildman–Crippen LogP) is 1.32. The van der Waals surface area contributed by atoms with Crippen molar-refractivity contribution in [3.63, 3.8) is 0 Å². The van der Waals surface area contributed by atoms with Gasteiger partial charge in [-0.25, -0.2) is 0 Å². The van der Waals surface area contributed by atoms with E-state index in [1.54, 1.807) is 23.1 Å². The summed E-state index contributed by atoms with van der Waals surface area (Å²) in [6, 6.07) is 7.08. The van der Waals surface area contributed by atoms with Crippen LogP contribution in [0.25, 0.3) is 0 Å². The Morgan fingerprint density at radius 3 is 2.71 bits per heavy atom. The number of para-hydroxylation sites is 1. The van der Waals surface area contributed by atoms with Gasteiger partial charge < -0.3 is 20.5 Å². The van der Waals surface area contributed by atoms with Crippen molar-refractivity contribution in [3.05, 3.63) is 29.8 Å². The van der Waals surface area contributed by atoms with E-state index in [1.807, 2.05) is 6.07 Å². The van der Waals surface area contributed by atoms with E-state index in [1.165, 1.54) is 0 Å². The molecule has 0 atom stereocenters. The van der Waals surface area contributed by atoms with Crippen molar-refractivity contribution in [1.29, 1.82) is 0 Å². The molecule has 6 heteroatoms. The normalized spacial score (nSPS) is 10.2. The zero-order chi connectivity index (χ0) is 15.7. The topological polar surface area (TPSA) is 75.8 Å². The Morgan fingerprint density at radius 2 is 2.10 bits per heavy atom. The Labute approximate surface area is 130 Å². The third-order valence-corrected chi connectivity index (χ3v) is 3.23. The van der Waals surface area contributed by atoms with Gasteiger partial charge in [-0.05, 0) is 18.6 Å². The Morgan fingerprint density at radius 1 is 1.38 bits per heavy atom. The van der Waals surface area contributed by atoms with Crippen LogP contribution in [-0.4, -0.2) is 47.2 Å². The van der Waals surface area contributed by atoms with Gasteiger partial charge in [-0.15, -0.1) is 0 Å². The molecule has 0 fully saturated rings. The number of carbonyl (C=O) groups is 1. The molecule has 0 aliphatic rings. The fourth-order valence-corrected chi connectivity index (χ4v) is 2.03. The molecule has 0 aromatic heterocycles. The number of hydrogen-bond acceptors (Lipinski definition) is 4. The maximum atomic E-state index is 12.1. The summed E-state index contributed by atoms with van der Waals surface area (Å²) < 4.78 is 5.53. The first-order valence-electron chi connectivity index (χ1n) is 7.00. The smallest absolute Gasteiger partial charge is 0.260 e. The van der Waals surface area contributed by atoms with Crippen molar-refractivity contribution < 1.29 is 14.6 Å². The number of carbonyl (C=O) groups excluding carboxylic acids is 1. The second-order valence-electron chi connectivity index (χ2n) is 4.61. The standard InChI is InChI=1S/C15H22N2O3S/c1-2-3-8-17(9-10-18)14(19)11-20-13-7-5-4-6-12(13)15(16)21/h4-7,18H,2-3,8-11H2,1H3,(H2,16,21). The van der Waals surface area contributed by atoms with Gasteiger partial charge >= 0.3 is 0 Å². The minimum absolute atomic E-state index is 0.0566. The molecule has 0 heterocycles. The molecule has 116 valence electrons. The Balaban J connectivity index is 2.64. The van der Waals surface area contributed by atoms with E-state index in [2.05, 4.69) is 6.92 Å². The monoisotopic (exact) mass is 310 g/mol. The van der Waals surface area contributed by atoms with Crippen LogP contribution in [0.15, 0.2) is 24.3 Å². The molecule has 0 unspecified atom stereocenters. The van der Waals surface area contributed by atoms with Crippen molar-refractivity contribution in [1.82, 2.24) is 4.90 Å². The highest BCUT2D eigenvalue weighted by atomic mass is 32.1. The summed E-state index contributed by atoms with van der Waals surface area (Å²) in [6.07, 6.45) is 1.88. The van der Waals surface area contributed by atoms with Gasteiger partial charge in [-0.2, -0.15) is 0 Å². The quantitative estimate of drug-likeness (QED) is 0.673. The number of thiocarbonyl (C=S) groups is 1. The fourth-order valence-electron chi connectivity index (χ4n) is 1.86. The second kappa shape index (κ2) is 9.31. The highest BCUT2D eigenvalue weighted by Crippen LogP contribution is 2.17. The van der Waals surface area contributed by atoms with Crippen LogP contribution in [0.4, 0.5) is 0 Å². The average molecular weight is 310 g/mol. The number of benzene rings is 1.